The Labute approximate surface area is 144 Å². The van der Waals surface area contributed by atoms with Gasteiger partial charge in [0.25, 0.3) is 0 Å². The standard InChI is InChI=1S/C18H28N2O4/c1-7-9-12(20-24-10-8-2)14-13(19-5)11-18(3,4)15(16(14)21)17(22)23-6/h8,14-15H,2,7,9-11H2,1,3-6H3/b19-13?,20-12-/t14-,15+/m0/s1. The molecule has 1 saturated carbocycles. The van der Waals surface area contributed by atoms with Crippen molar-refractivity contribution in [3.63, 3.8) is 0 Å². The lowest BCUT2D eigenvalue weighted by Gasteiger charge is -2.40. The highest BCUT2D eigenvalue weighted by molar-refractivity contribution is 6.27. The van der Waals surface area contributed by atoms with Crippen molar-refractivity contribution in [3.8, 4) is 0 Å². The maximum atomic E-state index is 13.1. The third-order valence-electron chi connectivity index (χ3n) is 4.26. The molecule has 134 valence electrons. The Morgan fingerprint density at radius 2 is 2.12 bits per heavy atom. The minimum Gasteiger partial charge on any atom is -0.468 e. The Hall–Kier alpha value is -1.98. The van der Waals surface area contributed by atoms with E-state index in [1.54, 1.807) is 13.1 Å². The first kappa shape index (κ1) is 20.1. The van der Waals surface area contributed by atoms with Crippen LogP contribution in [0, 0.1) is 17.3 Å². The molecular formula is C18H28N2O4. The molecule has 1 aliphatic carbocycles. The normalized spacial score (nSPS) is 25.5. The molecule has 0 amide bonds. The molecule has 0 N–H and O–H groups in total. The zero-order valence-electron chi connectivity index (χ0n) is 15.3. The van der Waals surface area contributed by atoms with Crippen molar-refractivity contribution >= 4 is 23.2 Å². The summed E-state index contributed by atoms with van der Waals surface area (Å²) in [5.41, 5.74) is 0.795. The highest BCUT2D eigenvalue weighted by Gasteiger charge is 2.52. The summed E-state index contributed by atoms with van der Waals surface area (Å²) in [6.45, 7) is 9.62. The van der Waals surface area contributed by atoms with Gasteiger partial charge in [0.1, 0.15) is 12.5 Å². The second-order valence-corrected chi connectivity index (χ2v) is 6.59. The van der Waals surface area contributed by atoms with Gasteiger partial charge in [0.05, 0.1) is 18.7 Å². The molecule has 0 bridgehead atoms. The van der Waals surface area contributed by atoms with Crippen LogP contribution in [-0.4, -0.2) is 43.9 Å². The van der Waals surface area contributed by atoms with Crippen LogP contribution in [0.15, 0.2) is 22.8 Å². The van der Waals surface area contributed by atoms with Crippen molar-refractivity contribution in [2.75, 3.05) is 20.8 Å². The van der Waals surface area contributed by atoms with Gasteiger partial charge < -0.3 is 9.57 Å². The summed E-state index contributed by atoms with van der Waals surface area (Å²) in [7, 11) is 2.97. The summed E-state index contributed by atoms with van der Waals surface area (Å²) in [4.78, 5) is 34.9. The lowest BCUT2D eigenvalue weighted by molar-refractivity contribution is -0.155. The van der Waals surface area contributed by atoms with Crippen molar-refractivity contribution < 1.29 is 19.2 Å². The number of carbonyl (C=O) groups is 2. The van der Waals surface area contributed by atoms with Crippen LogP contribution in [-0.2, 0) is 19.2 Å². The number of rotatable bonds is 7. The minimum atomic E-state index is -0.834. The molecule has 0 heterocycles. The van der Waals surface area contributed by atoms with Gasteiger partial charge in [-0.1, -0.05) is 45.0 Å². The number of hydrogen-bond acceptors (Lipinski definition) is 6. The monoisotopic (exact) mass is 336 g/mol. The molecule has 0 saturated heterocycles. The SMILES string of the molecule is C=CCO/N=C(/CCC)[C@@H]1C(=O)[C@H](C(=O)OC)C(C)(C)CC1=NC. The lowest BCUT2D eigenvalue weighted by Crippen LogP contribution is -2.52. The van der Waals surface area contributed by atoms with Crippen LogP contribution < -0.4 is 0 Å². The van der Waals surface area contributed by atoms with E-state index in [-0.39, 0.29) is 12.4 Å². The topological polar surface area (TPSA) is 77.3 Å². The third kappa shape index (κ3) is 4.30. The lowest BCUT2D eigenvalue weighted by atomic mass is 9.62. The van der Waals surface area contributed by atoms with Crippen molar-refractivity contribution in [2.24, 2.45) is 27.4 Å². The summed E-state index contributed by atoms with van der Waals surface area (Å²) in [5.74, 6) is -2.18. The highest BCUT2D eigenvalue weighted by atomic mass is 16.6. The Balaban J connectivity index is 3.30. The van der Waals surface area contributed by atoms with E-state index in [9.17, 15) is 9.59 Å². The summed E-state index contributed by atoms with van der Waals surface area (Å²) in [6, 6.07) is 0. The van der Waals surface area contributed by atoms with Crippen LogP contribution in [0.3, 0.4) is 0 Å². The van der Waals surface area contributed by atoms with Crippen LogP contribution >= 0.6 is 0 Å². The van der Waals surface area contributed by atoms with Crippen LogP contribution in [0.2, 0.25) is 0 Å². The first-order valence-electron chi connectivity index (χ1n) is 8.20. The summed E-state index contributed by atoms with van der Waals surface area (Å²) >= 11 is 0. The van der Waals surface area contributed by atoms with Gasteiger partial charge in [0.15, 0.2) is 5.78 Å². The number of methoxy groups -OCH3 is 1. The zero-order valence-corrected chi connectivity index (χ0v) is 15.3. The fourth-order valence-electron chi connectivity index (χ4n) is 3.18. The molecule has 0 aromatic heterocycles. The van der Waals surface area contributed by atoms with Crippen LogP contribution in [0.1, 0.15) is 40.0 Å². The van der Waals surface area contributed by atoms with Crippen molar-refractivity contribution in [3.05, 3.63) is 12.7 Å². The molecule has 1 rings (SSSR count). The fourth-order valence-corrected chi connectivity index (χ4v) is 3.18. The zero-order chi connectivity index (χ0) is 18.3. The van der Waals surface area contributed by atoms with Gasteiger partial charge in [-0.2, -0.15) is 0 Å². The van der Waals surface area contributed by atoms with E-state index in [0.717, 1.165) is 12.1 Å². The number of ketones is 1. The average molecular weight is 336 g/mol. The highest BCUT2D eigenvalue weighted by Crippen LogP contribution is 2.41. The van der Waals surface area contributed by atoms with Gasteiger partial charge in [0.2, 0.25) is 0 Å². The van der Waals surface area contributed by atoms with E-state index in [1.165, 1.54) is 7.11 Å². The Kier molecular flexibility index (Phi) is 7.32. The summed E-state index contributed by atoms with van der Waals surface area (Å²) in [6.07, 6.45) is 3.53. The van der Waals surface area contributed by atoms with Crippen molar-refractivity contribution in [1.29, 1.82) is 0 Å². The van der Waals surface area contributed by atoms with Gasteiger partial charge in [0, 0.05) is 12.8 Å². The van der Waals surface area contributed by atoms with E-state index >= 15 is 0 Å². The smallest absolute Gasteiger partial charge is 0.316 e. The molecule has 0 spiro atoms. The number of hydrogen-bond donors (Lipinski definition) is 0. The third-order valence-corrected chi connectivity index (χ3v) is 4.26. The largest absolute Gasteiger partial charge is 0.468 e. The van der Waals surface area contributed by atoms with Crippen molar-refractivity contribution in [2.45, 2.75) is 40.0 Å². The van der Waals surface area contributed by atoms with Gasteiger partial charge in [-0.15, -0.1) is 0 Å². The van der Waals surface area contributed by atoms with Gasteiger partial charge in [-0.25, -0.2) is 0 Å². The van der Waals surface area contributed by atoms with Gasteiger partial charge in [-0.05, 0) is 18.3 Å². The van der Waals surface area contributed by atoms with E-state index in [4.69, 9.17) is 9.57 Å². The number of carbonyl (C=O) groups excluding carboxylic acids is 2. The second kappa shape index (κ2) is 8.76. The molecule has 6 heteroatoms. The second-order valence-electron chi connectivity index (χ2n) is 6.59. The maximum Gasteiger partial charge on any atom is 0.316 e. The molecule has 2 atom stereocenters. The molecule has 0 radical (unpaired) electrons. The maximum absolute atomic E-state index is 13.1. The van der Waals surface area contributed by atoms with Crippen molar-refractivity contribution in [1.82, 2.24) is 0 Å². The average Bonchev–Trinajstić information content (AvgIpc) is 2.53. The number of oxime groups is 1. The van der Waals surface area contributed by atoms with Gasteiger partial charge >= 0.3 is 5.97 Å². The van der Waals surface area contributed by atoms with E-state index in [2.05, 4.69) is 16.7 Å². The van der Waals surface area contributed by atoms with E-state index in [0.29, 0.717) is 18.6 Å². The Morgan fingerprint density at radius 1 is 1.46 bits per heavy atom. The first-order chi connectivity index (χ1) is 11.3. The van der Waals surface area contributed by atoms with Crippen LogP contribution in [0.4, 0.5) is 0 Å². The minimum absolute atomic E-state index is 0.215. The molecule has 1 fully saturated rings. The first-order valence-corrected chi connectivity index (χ1v) is 8.20. The summed E-state index contributed by atoms with van der Waals surface area (Å²) in [5, 5.41) is 4.13. The molecule has 1 aliphatic rings. The molecule has 24 heavy (non-hydrogen) atoms. The van der Waals surface area contributed by atoms with E-state index in [1.807, 2.05) is 20.8 Å². The molecule has 6 nitrogen and oxygen atoms in total. The summed E-state index contributed by atoms with van der Waals surface area (Å²) < 4.78 is 4.87. The Bertz CT molecular complexity index is 549. The quantitative estimate of drug-likeness (QED) is 0.179. The molecule has 0 aliphatic heterocycles. The Morgan fingerprint density at radius 3 is 2.62 bits per heavy atom. The number of nitrogens with zero attached hydrogens (tertiary/aromatic N) is 2. The predicted molar refractivity (Wildman–Crippen MR) is 94.3 cm³/mol. The predicted octanol–water partition coefficient (Wildman–Crippen LogP) is 2.82. The fraction of sp³-hybridized carbons (Fsp3) is 0.667. The molecule has 0 aromatic carbocycles. The number of ether oxygens (including phenoxy) is 1. The van der Waals surface area contributed by atoms with E-state index < -0.39 is 23.2 Å². The molecular weight excluding hydrogens is 308 g/mol. The number of esters is 1. The number of aliphatic imine (C=N–C) groups is 1. The van der Waals surface area contributed by atoms with Gasteiger partial charge in [-0.3, -0.25) is 14.6 Å². The van der Waals surface area contributed by atoms with Crippen LogP contribution in [0.25, 0.3) is 0 Å². The number of Topliss-reactive ketones (excluding diaryl/α,β-unsaturated/α-hetero) is 1. The van der Waals surface area contributed by atoms with Crippen LogP contribution in [0.5, 0.6) is 0 Å². The molecule has 0 aromatic rings. The molecule has 0 unspecified atom stereocenters.